The highest BCUT2D eigenvalue weighted by Crippen LogP contribution is 2.38. The fourth-order valence-electron chi connectivity index (χ4n) is 4.58. The average molecular weight is 514 g/mol. The summed E-state index contributed by atoms with van der Waals surface area (Å²) in [5.74, 6) is 0.980. The second-order valence-electron chi connectivity index (χ2n) is 9.77. The average Bonchev–Trinajstić information content (AvgIpc) is 3.54. The molecule has 0 spiro atoms. The SMILES string of the molecule is Cc1ccccc1[C@H](C(=O)NCCC(C)C)N(C(=O)Cn1nnc2ccccc21)c1ccc2c(c1)OCO2. The summed E-state index contributed by atoms with van der Waals surface area (Å²) >= 11 is 0. The molecule has 0 fully saturated rings. The Morgan fingerprint density at radius 1 is 1.03 bits per heavy atom. The zero-order valence-electron chi connectivity index (χ0n) is 21.8. The number of nitrogens with zero attached hydrogens (tertiary/aromatic N) is 4. The first kappa shape index (κ1) is 25.3. The summed E-state index contributed by atoms with van der Waals surface area (Å²) in [4.78, 5) is 29.5. The van der Waals surface area contributed by atoms with Crippen molar-refractivity contribution in [3.05, 3.63) is 77.9 Å². The molecule has 9 nitrogen and oxygen atoms in total. The van der Waals surface area contributed by atoms with Gasteiger partial charge in [0.15, 0.2) is 11.5 Å². The number of carbonyl (C=O) groups is 2. The molecule has 4 aromatic rings. The van der Waals surface area contributed by atoms with Gasteiger partial charge in [-0.1, -0.05) is 55.5 Å². The zero-order chi connectivity index (χ0) is 26.6. The molecule has 2 heterocycles. The van der Waals surface area contributed by atoms with E-state index in [0.29, 0.717) is 35.2 Å². The number of rotatable bonds is 9. The van der Waals surface area contributed by atoms with Gasteiger partial charge in [0, 0.05) is 18.3 Å². The highest BCUT2D eigenvalue weighted by atomic mass is 16.7. The highest BCUT2D eigenvalue weighted by Gasteiger charge is 2.35. The Morgan fingerprint density at radius 3 is 2.61 bits per heavy atom. The van der Waals surface area contributed by atoms with Gasteiger partial charge >= 0.3 is 0 Å². The van der Waals surface area contributed by atoms with Gasteiger partial charge in [0.05, 0.1) is 5.52 Å². The van der Waals surface area contributed by atoms with Crippen molar-refractivity contribution < 1.29 is 19.1 Å². The van der Waals surface area contributed by atoms with Crippen LogP contribution in [0.3, 0.4) is 0 Å². The Balaban J connectivity index is 1.58. The van der Waals surface area contributed by atoms with E-state index >= 15 is 0 Å². The van der Waals surface area contributed by atoms with Gasteiger partial charge in [0.1, 0.15) is 18.1 Å². The van der Waals surface area contributed by atoms with Crippen LogP contribution in [0.1, 0.15) is 37.4 Å². The Labute approximate surface area is 221 Å². The molecule has 0 aliphatic carbocycles. The van der Waals surface area contributed by atoms with Crippen LogP contribution in [0.25, 0.3) is 11.0 Å². The number of nitrogens with one attached hydrogen (secondary N) is 1. The molecule has 0 radical (unpaired) electrons. The normalized spacial score (nSPS) is 13.1. The van der Waals surface area contributed by atoms with Gasteiger partial charge in [-0.15, -0.1) is 5.10 Å². The molecule has 1 aromatic heterocycles. The lowest BCUT2D eigenvalue weighted by atomic mass is 9.98. The van der Waals surface area contributed by atoms with E-state index in [1.807, 2.05) is 55.5 Å². The zero-order valence-corrected chi connectivity index (χ0v) is 21.8. The predicted octanol–water partition coefficient (Wildman–Crippen LogP) is 4.41. The molecule has 1 aliphatic heterocycles. The van der Waals surface area contributed by atoms with Crippen LogP contribution in [0.4, 0.5) is 5.69 Å². The molecule has 3 aromatic carbocycles. The van der Waals surface area contributed by atoms with Crippen LogP contribution in [-0.2, 0) is 16.1 Å². The van der Waals surface area contributed by atoms with E-state index in [-0.39, 0.29) is 25.2 Å². The van der Waals surface area contributed by atoms with Crippen LogP contribution in [0.15, 0.2) is 66.7 Å². The van der Waals surface area contributed by atoms with Crippen molar-refractivity contribution in [2.45, 2.75) is 39.8 Å². The maximum absolute atomic E-state index is 14.2. The molecular formula is C29H31N5O4. The van der Waals surface area contributed by atoms with E-state index in [1.165, 1.54) is 4.90 Å². The molecule has 1 aliphatic rings. The third-order valence-electron chi connectivity index (χ3n) is 6.62. The molecule has 1 atom stereocenters. The fourth-order valence-corrected chi connectivity index (χ4v) is 4.58. The lowest BCUT2D eigenvalue weighted by Crippen LogP contribution is -2.46. The summed E-state index contributed by atoms with van der Waals surface area (Å²) < 4.78 is 12.7. The summed E-state index contributed by atoms with van der Waals surface area (Å²) in [5.41, 5.74) is 3.60. The minimum atomic E-state index is -0.911. The quantitative estimate of drug-likeness (QED) is 0.356. The second-order valence-corrected chi connectivity index (χ2v) is 9.77. The first-order valence-corrected chi connectivity index (χ1v) is 12.8. The Kier molecular flexibility index (Phi) is 7.26. The molecule has 38 heavy (non-hydrogen) atoms. The summed E-state index contributed by atoms with van der Waals surface area (Å²) in [7, 11) is 0. The minimum absolute atomic E-state index is 0.101. The van der Waals surface area contributed by atoms with Crippen LogP contribution >= 0.6 is 0 Å². The number of fused-ring (bicyclic) bond motifs is 2. The number of para-hydroxylation sites is 1. The number of anilines is 1. The predicted molar refractivity (Wildman–Crippen MR) is 144 cm³/mol. The summed E-state index contributed by atoms with van der Waals surface area (Å²) in [6.07, 6.45) is 0.829. The van der Waals surface area contributed by atoms with E-state index in [0.717, 1.165) is 23.1 Å². The van der Waals surface area contributed by atoms with Gasteiger partial charge in [-0.05, 0) is 54.7 Å². The largest absolute Gasteiger partial charge is 0.454 e. The van der Waals surface area contributed by atoms with Crippen molar-refractivity contribution in [2.75, 3.05) is 18.2 Å². The Hall–Kier alpha value is -4.40. The molecule has 0 bridgehead atoms. The lowest BCUT2D eigenvalue weighted by Gasteiger charge is -2.32. The number of benzene rings is 3. The van der Waals surface area contributed by atoms with Crippen LogP contribution in [0.5, 0.6) is 11.5 Å². The third-order valence-corrected chi connectivity index (χ3v) is 6.62. The molecule has 1 N–H and O–H groups in total. The summed E-state index contributed by atoms with van der Waals surface area (Å²) in [6, 6.07) is 19.5. The molecule has 0 unspecified atom stereocenters. The summed E-state index contributed by atoms with van der Waals surface area (Å²) in [6.45, 7) is 6.67. The monoisotopic (exact) mass is 513 g/mol. The van der Waals surface area contributed by atoms with Gasteiger partial charge in [-0.3, -0.25) is 14.5 Å². The number of ether oxygens (including phenoxy) is 2. The third kappa shape index (κ3) is 5.18. The fraction of sp³-hybridized carbons (Fsp3) is 0.310. The molecule has 5 rings (SSSR count). The highest BCUT2D eigenvalue weighted by molar-refractivity contribution is 6.02. The number of hydrogen-bond acceptors (Lipinski definition) is 6. The smallest absolute Gasteiger partial charge is 0.249 e. The van der Waals surface area contributed by atoms with Crippen LogP contribution < -0.4 is 19.7 Å². The molecule has 2 amide bonds. The van der Waals surface area contributed by atoms with Crippen molar-refractivity contribution in [3.8, 4) is 11.5 Å². The summed E-state index contributed by atoms with van der Waals surface area (Å²) in [5, 5.41) is 11.5. The van der Waals surface area contributed by atoms with Crippen molar-refractivity contribution >= 4 is 28.5 Å². The van der Waals surface area contributed by atoms with E-state index in [2.05, 4.69) is 29.5 Å². The Bertz CT molecular complexity index is 1460. The number of amides is 2. The number of carbonyl (C=O) groups excluding carboxylic acids is 2. The van der Waals surface area contributed by atoms with Gasteiger partial charge < -0.3 is 14.8 Å². The van der Waals surface area contributed by atoms with Crippen LogP contribution in [-0.4, -0.2) is 40.1 Å². The lowest BCUT2D eigenvalue weighted by molar-refractivity contribution is -0.127. The second kappa shape index (κ2) is 10.9. The number of aromatic nitrogens is 3. The Morgan fingerprint density at radius 2 is 1.79 bits per heavy atom. The van der Waals surface area contributed by atoms with E-state index < -0.39 is 6.04 Å². The topological polar surface area (TPSA) is 98.6 Å². The van der Waals surface area contributed by atoms with E-state index in [9.17, 15) is 9.59 Å². The first-order chi connectivity index (χ1) is 18.4. The van der Waals surface area contributed by atoms with Gasteiger partial charge in [-0.2, -0.15) is 0 Å². The van der Waals surface area contributed by atoms with Gasteiger partial charge in [-0.25, -0.2) is 4.68 Å². The number of aryl methyl sites for hydroxylation is 1. The molecule has 196 valence electrons. The van der Waals surface area contributed by atoms with E-state index in [1.54, 1.807) is 22.9 Å². The van der Waals surface area contributed by atoms with Gasteiger partial charge in [0.25, 0.3) is 0 Å². The van der Waals surface area contributed by atoms with Gasteiger partial charge in [0.2, 0.25) is 18.6 Å². The van der Waals surface area contributed by atoms with Crippen molar-refractivity contribution in [1.29, 1.82) is 0 Å². The van der Waals surface area contributed by atoms with E-state index in [4.69, 9.17) is 9.47 Å². The van der Waals surface area contributed by atoms with Crippen molar-refractivity contribution in [2.24, 2.45) is 5.92 Å². The van der Waals surface area contributed by atoms with Crippen molar-refractivity contribution in [3.63, 3.8) is 0 Å². The van der Waals surface area contributed by atoms with Crippen molar-refractivity contribution in [1.82, 2.24) is 20.3 Å². The van der Waals surface area contributed by atoms with Crippen LogP contribution in [0.2, 0.25) is 0 Å². The molecule has 9 heteroatoms. The van der Waals surface area contributed by atoms with Crippen LogP contribution in [0, 0.1) is 12.8 Å². The minimum Gasteiger partial charge on any atom is -0.454 e. The standard InChI is InChI=1S/C29H31N5O4/c1-19(2)14-15-30-29(36)28(22-9-5-4-8-20(22)3)34(21-12-13-25-26(16-21)38-18-37-25)27(35)17-33-24-11-7-6-10-23(24)31-32-33/h4-13,16,19,28H,14-15,17-18H2,1-3H3,(H,30,36)/t28-/m1/s1. The maximum atomic E-state index is 14.2. The molecule has 0 saturated carbocycles. The molecule has 0 saturated heterocycles. The maximum Gasteiger partial charge on any atom is 0.249 e. The first-order valence-electron chi connectivity index (χ1n) is 12.8. The molecular weight excluding hydrogens is 482 g/mol. The number of hydrogen-bond donors (Lipinski definition) is 1.